The monoisotopic (exact) mass is 720 g/mol. The van der Waals surface area contributed by atoms with Gasteiger partial charge >= 0.3 is 0 Å². The molecular formula is C52H36N2O2. The molecule has 11 rings (SSSR count). The van der Waals surface area contributed by atoms with E-state index >= 15 is 0 Å². The van der Waals surface area contributed by atoms with Crippen molar-refractivity contribution in [2.45, 2.75) is 19.3 Å². The van der Waals surface area contributed by atoms with Gasteiger partial charge in [-0.3, -0.25) is 0 Å². The summed E-state index contributed by atoms with van der Waals surface area (Å²) in [4.78, 5) is 7.17. The first-order valence-corrected chi connectivity index (χ1v) is 19.1. The Bertz CT molecular complexity index is 3070. The molecule has 1 aliphatic carbocycles. The third-order valence-corrected chi connectivity index (χ3v) is 11.5. The van der Waals surface area contributed by atoms with Gasteiger partial charge in [0.1, 0.15) is 16.7 Å². The molecule has 0 saturated carbocycles. The minimum absolute atomic E-state index is 0.0768. The molecule has 0 bridgehead atoms. The van der Waals surface area contributed by atoms with Crippen molar-refractivity contribution in [1.82, 2.24) is 4.98 Å². The second-order valence-corrected chi connectivity index (χ2v) is 15.2. The molecule has 2 heterocycles. The van der Waals surface area contributed by atoms with Gasteiger partial charge in [-0.25, -0.2) is 4.98 Å². The Morgan fingerprint density at radius 1 is 0.429 bits per heavy atom. The molecule has 0 N–H and O–H groups in total. The minimum Gasteiger partial charge on any atom is -0.456 e. The van der Waals surface area contributed by atoms with E-state index in [9.17, 15) is 0 Å². The standard InChI is InChI=1S/C52H36N2O2/c1-52(2)44-15-7-6-13-40(44)43-31-38(28-30-45(43)52)54(37-25-23-36(24-26-37)35-21-19-34(20-22-35)33-11-4-3-5-12-33)39-27-29-41-49(32-39)55-48-18-10-14-42(50(41)48)51-53-46-16-8-9-17-47(46)56-51/h3-32H,1-2H3. The van der Waals surface area contributed by atoms with Crippen molar-refractivity contribution >= 4 is 50.1 Å². The van der Waals surface area contributed by atoms with Crippen LogP contribution in [0.3, 0.4) is 0 Å². The van der Waals surface area contributed by atoms with Crippen LogP contribution < -0.4 is 4.90 Å². The summed E-state index contributed by atoms with van der Waals surface area (Å²) >= 11 is 0. The van der Waals surface area contributed by atoms with Crippen LogP contribution in [0.5, 0.6) is 0 Å². The zero-order valence-electron chi connectivity index (χ0n) is 31.0. The number of hydrogen-bond acceptors (Lipinski definition) is 4. The summed E-state index contributed by atoms with van der Waals surface area (Å²) in [6, 6.07) is 64.4. The molecule has 0 amide bonds. The third-order valence-electron chi connectivity index (χ3n) is 11.5. The van der Waals surface area contributed by atoms with Gasteiger partial charge in [0.2, 0.25) is 5.89 Å². The van der Waals surface area contributed by atoms with Gasteiger partial charge in [-0.1, -0.05) is 129 Å². The van der Waals surface area contributed by atoms with E-state index < -0.39 is 0 Å². The Morgan fingerprint density at radius 2 is 1.02 bits per heavy atom. The number of anilines is 3. The predicted molar refractivity (Wildman–Crippen MR) is 230 cm³/mol. The van der Waals surface area contributed by atoms with E-state index in [-0.39, 0.29) is 5.41 Å². The fourth-order valence-electron chi connectivity index (χ4n) is 8.70. The predicted octanol–water partition coefficient (Wildman–Crippen LogP) is 14.5. The van der Waals surface area contributed by atoms with E-state index in [4.69, 9.17) is 13.8 Å². The highest BCUT2D eigenvalue weighted by molar-refractivity contribution is 6.12. The van der Waals surface area contributed by atoms with Crippen molar-refractivity contribution in [3.05, 3.63) is 193 Å². The smallest absolute Gasteiger partial charge is 0.228 e. The van der Waals surface area contributed by atoms with Crippen molar-refractivity contribution in [2.75, 3.05) is 4.90 Å². The van der Waals surface area contributed by atoms with Gasteiger partial charge in [-0.05, 0) is 105 Å². The Hall–Kier alpha value is -7.17. The van der Waals surface area contributed by atoms with E-state index in [0.29, 0.717) is 5.89 Å². The number of fused-ring (bicyclic) bond motifs is 7. The number of para-hydroxylation sites is 2. The fraction of sp³-hybridized carbons (Fsp3) is 0.0577. The molecule has 0 saturated heterocycles. The summed E-state index contributed by atoms with van der Waals surface area (Å²) in [5.41, 5.74) is 17.2. The van der Waals surface area contributed by atoms with Crippen LogP contribution in [0.25, 0.3) is 77.9 Å². The fourth-order valence-corrected chi connectivity index (χ4v) is 8.70. The summed E-state index contributed by atoms with van der Waals surface area (Å²) in [6.07, 6.45) is 0. The molecule has 56 heavy (non-hydrogen) atoms. The number of rotatable bonds is 6. The molecule has 10 aromatic rings. The molecule has 0 radical (unpaired) electrons. The number of furan rings is 1. The van der Waals surface area contributed by atoms with Crippen LogP contribution in [0.2, 0.25) is 0 Å². The maximum absolute atomic E-state index is 6.62. The van der Waals surface area contributed by atoms with Gasteiger partial charge < -0.3 is 13.7 Å². The molecular weight excluding hydrogens is 685 g/mol. The quantitative estimate of drug-likeness (QED) is 0.171. The van der Waals surface area contributed by atoms with E-state index in [0.717, 1.165) is 61.2 Å². The number of nitrogens with zero attached hydrogens (tertiary/aromatic N) is 2. The van der Waals surface area contributed by atoms with E-state index in [1.807, 2.05) is 36.4 Å². The highest BCUT2D eigenvalue weighted by atomic mass is 16.3. The maximum Gasteiger partial charge on any atom is 0.228 e. The number of hydrogen-bond donors (Lipinski definition) is 0. The Labute approximate surface area is 324 Å². The third kappa shape index (κ3) is 5.10. The Kier molecular flexibility index (Phi) is 7.17. The van der Waals surface area contributed by atoms with Crippen molar-refractivity contribution < 1.29 is 8.83 Å². The second-order valence-electron chi connectivity index (χ2n) is 15.2. The molecule has 0 spiro atoms. The summed E-state index contributed by atoms with van der Waals surface area (Å²) in [7, 11) is 0. The van der Waals surface area contributed by atoms with Gasteiger partial charge in [0.05, 0.1) is 0 Å². The van der Waals surface area contributed by atoms with Crippen LogP contribution in [0.4, 0.5) is 17.1 Å². The van der Waals surface area contributed by atoms with Crippen LogP contribution >= 0.6 is 0 Å². The average Bonchev–Trinajstić information content (AvgIpc) is 3.92. The van der Waals surface area contributed by atoms with Crippen molar-refractivity contribution in [3.8, 4) is 44.8 Å². The number of oxazole rings is 1. The lowest BCUT2D eigenvalue weighted by Crippen LogP contribution is -2.15. The van der Waals surface area contributed by atoms with E-state index in [2.05, 4.69) is 164 Å². The molecule has 4 heteroatoms. The highest BCUT2D eigenvalue weighted by Crippen LogP contribution is 2.51. The van der Waals surface area contributed by atoms with Crippen molar-refractivity contribution in [3.63, 3.8) is 0 Å². The molecule has 2 aromatic heterocycles. The first-order chi connectivity index (χ1) is 27.5. The SMILES string of the molecule is CC1(C)c2ccccc2-c2cc(N(c3ccc(-c4ccc(-c5ccccc5)cc4)cc3)c3ccc4c(c3)oc3cccc(-c5nc6ccccc6o5)c34)ccc21. The Balaban J connectivity index is 1.03. The van der Waals surface area contributed by atoms with Crippen LogP contribution in [0.1, 0.15) is 25.0 Å². The van der Waals surface area contributed by atoms with Gasteiger partial charge in [0.25, 0.3) is 0 Å². The topological polar surface area (TPSA) is 42.4 Å². The largest absolute Gasteiger partial charge is 0.456 e. The first kappa shape index (κ1) is 32.3. The second kappa shape index (κ2) is 12.4. The molecule has 0 fully saturated rings. The van der Waals surface area contributed by atoms with E-state index in [1.54, 1.807) is 0 Å². The molecule has 4 nitrogen and oxygen atoms in total. The van der Waals surface area contributed by atoms with Crippen LogP contribution in [-0.4, -0.2) is 4.98 Å². The van der Waals surface area contributed by atoms with Crippen LogP contribution in [0.15, 0.2) is 191 Å². The molecule has 0 unspecified atom stereocenters. The van der Waals surface area contributed by atoms with Gasteiger partial charge in [0, 0.05) is 44.9 Å². The first-order valence-electron chi connectivity index (χ1n) is 19.1. The summed E-state index contributed by atoms with van der Waals surface area (Å²) in [5.74, 6) is 0.585. The van der Waals surface area contributed by atoms with Gasteiger partial charge in [0.15, 0.2) is 5.58 Å². The number of benzene rings is 8. The van der Waals surface area contributed by atoms with E-state index in [1.165, 1.54) is 38.9 Å². The van der Waals surface area contributed by atoms with Crippen molar-refractivity contribution in [1.29, 1.82) is 0 Å². The molecule has 1 aliphatic rings. The Morgan fingerprint density at radius 3 is 1.80 bits per heavy atom. The maximum atomic E-state index is 6.62. The normalized spacial score (nSPS) is 13.0. The average molecular weight is 721 g/mol. The number of aromatic nitrogens is 1. The molecule has 8 aromatic carbocycles. The molecule has 0 aliphatic heterocycles. The lowest BCUT2D eigenvalue weighted by Gasteiger charge is -2.27. The lowest BCUT2D eigenvalue weighted by molar-refractivity contribution is 0.620. The molecule has 0 atom stereocenters. The van der Waals surface area contributed by atoms with Crippen LogP contribution in [0, 0.1) is 0 Å². The summed E-state index contributed by atoms with van der Waals surface area (Å²) in [6.45, 7) is 4.65. The summed E-state index contributed by atoms with van der Waals surface area (Å²) in [5, 5.41) is 2.01. The molecule has 266 valence electrons. The van der Waals surface area contributed by atoms with Crippen LogP contribution in [-0.2, 0) is 5.41 Å². The van der Waals surface area contributed by atoms with Gasteiger partial charge in [-0.15, -0.1) is 0 Å². The zero-order valence-corrected chi connectivity index (χ0v) is 31.0. The summed E-state index contributed by atoms with van der Waals surface area (Å²) < 4.78 is 12.9. The highest BCUT2D eigenvalue weighted by Gasteiger charge is 2.35. The minimum atomic E-state index is -0.0768. The lowest BCUT2D eigenvalue weighted by atomic mass is 9.82. The van der Waals surface area contributed by atoms with Gasteiger partial charge in [-0.2, -0.15) is 0 Å². The van der Waals surface area contributed by atoms with Crippen molar-refractivity contribution in [2.24, 2.45) is 0 Å². The zero-order chi connectivity index (χ0) is 37.4.